The second kappa shape index (κ2) is 5.83. The van der Waals surface area contributed by atoms with Crippen LogP contribution in [0.1, 0.15) is 6.42 Å². The van der Waals surface area contributed by atoms with Crippen molar-refractivity contribution in [3.05, 3.63) is 30.3 Å². The number of imide groups is 1. The van der Waals surface area contributed by atoms with E-state index in [0.717, 1.165) is 4.90 Å². The second-order valence-electron chi connectivity index (χ2n) is 4.07. The fourth-order valence-electron chi connectivity index (χ4n) is 1.79. The van der Waals surface area contributed by atoms with Crippen molar-refractivity contribution in [1.29, 1.82) is 0 Å². The van der Waals surface area contributed by atoms with Crippen molar-refractivity contribution in [2.24, 2.45) is 4.99 Å². The number of aliphatic carboxylic acids is 1. The number of carboxylic acids is 1. The molecule has 1 atom stereocenters. The molecule has 0 aromatic heterocycles. The lowest BCUT2D eigenvalue weighted by atomic mass is 10.3. The van der Waals surface area contributed by atoms with Crippen molar-refractivity contribution < 1.29 is 19.5 Å². The zero-order valence-electron chi connectivity index (χ0n) is 10.3. The monoisotopic (exact) mass is 293 g/mol. The molecule has 0 saturated carbocycles. The molecule has 6 nitrogen and oxygen atoms in total. The molecule has 1 aliphatic heterocycles. The quantitative estimate of drug-likeness (QED) is 0.565. The number of rotatable bonds is 4. The normalized spacial score (nSPS) is 20.8. The summed E-state index contributed by atoms with van der Waals surface area (Å²) in [5.74, 6) is -2.49. The topological polar surface area (TPSA) is 89.9 Å². The first kappa shape index (κ1) is 14.2. The smallest absolute Gasteiger partial charge is 0.281 e. The third-order valence-corrected chi connectivity index (χ3v) is 3.11. The Balaban J connectivity index is 2.24. The molecule has 1 saturated heterocycles. The predicted molar refractivity (Wildman–Crippen MR) is 70.5 cm³/mol. The first-order valence-corrected chi connectivity index (χ1v) is 6.27. The van der Waals surface area contributed by atoms with Gasteiger partial charge in [-0.2, -0.15) is 0 Å². The van der Waals surface area contributed by atoms with Gasteiger partial charge in [-0.05, 0) is 12.1 Å². The van der Waals surface area contributed by atoms with Gasteiger partial charge in [0, 0.05) is 18.9 Å². The van der Waals surface area contributed by atoms with E-state index in [1.54, 1.807) is 30.3 Å². The molecule has 1 heterocycles. The first-order valence-electron chi connectivity index (χ1n) is 5.84. The molecule has 2 amide bonds. The number of halogens is 1. The van der Waals surface area contributed by atoms with E-state index in [4.69, 9.17) is 11.6 Å². The molecule has 0 spiro atoms. The number of nitrogens with zero attached hydrogens (tertiary/aromatic N) is 2. The van der Waals surface area contributed by atoms with Crippen LogP contribution in [0.15, 0.2) is 35.3 Å². The molecule has 0 radical (unpaired) electrons. The van der Waals surface area contributed by atoms with Crippen molar-refractivity contribution in [3.8, 4) is 0 Å². The largest absolute Gasteiger partial charge is 0.550 e. The van der Waals surface area contributed by atoms with Gasteiger partial charge in [-0.1, -0.05) is 18.2 Å². The van der Waals surface area contributed by atoms with Crippen molar-refractivity contribution in [3.63, 3.8) is 0 Å². The lowest BCUT2D eigenvalue weighted by Gasteiger charge is -2.12. The van der Waals surface area contributed by atoms with Gasteiger partial charge in [-0.25, -0.2) is 4.90 Å². The maximum absolute atomic E-state index is 12.1. The Hall–Kier alpha value is -2.21. The van der Waals surface area contributed by atoms with Crippen LogP contribution in [-0.4, -0.2) is 35.4 Å². The van der Waals surface area contributed by atoms with E-state index in [9.17, 15) is 19.5 Å². The van der Waals surface area contributed by atoms with Gasteiger partial charge in [0.05, 0.1) is 5.69 Å². The molecule has 1 aliphatic rings. The Labute approximate surface area is 119 Å². The predicted octanol–water partition coefficient (Wildman–Crippen LogP) is -0.252. The number of benzene rings is 1. The van der Waals surface area contributed by atoms with Crippen molar-refractivity contribution in [2.45, 2.75) is 11.8 Å². The van der Waals surface area contributed by atoms with Crippen molar-refractivity contribution in [2.75, 3.05) is 11.4 Å². The lowest BCUT2D eigenvalue weighted by molar-refractivity contribution is -0.305. The fraction of sp³-hybridized carbons (Fsp3) is 0.231. The van der Waals surface area contributed by atoms with Crippen LogP contribution in [0.2, 0.25) is 0 Å². The van der Waals surface area contributed by atoms with Crippen LogP contribution in [-0.2, 0) is 14.4 Å². The number of carbonyl (C=O) groups excluding carboxylic acids is 3. The number of carbonyl (C=O) groups is 3. The average Bonchev–Trinajstić information content (AvgIpc) is 2.63. The van der Waals surface area contributed by atoms with Crippen LogP contribution >= 0.6 is 11.6 Å². The molecule has 1 fully saturated rings. The Bertz CT molecular complexity index is 585. The van der Waals surface area contributed by atoms with Crippen molar-refractivity contribution in [1.82, 2.24) is 0 Å². The highest BCUT2D eigenvalue weighted by Crippen LogP contribution is 2.24. The summed E-state index contributed by atoms with van der Waals surface area (Å²) in [5.41, 5.74) is 0.264. The first-order chi connectivity index (χ1) is 9.52. The molecule has 7 heteroatoms. The number of carboxylic acid groups (broad SMARTS) is 1. The lowest BCUT2D eigenvalue weighted by Crippen LogP contribution is -2.31. The zero-order chi connectivity index (χ0) is 14.7. The van der Waals surface area contributed by atoms with E-state index in [-0.39, 0.29) is 18.7 Å². The maximum atomic E-state index is 12.1. The summed E-state index contributed by atoms with van der Waals surface area (Å²) in [5, 5.41) is 9.12. The summed E-state index contributed by atoms with van der Waals surface area (Å²) < 4.78 is 0. The highest BCUT2D eigenvalue weighted by atomic mass is 35.5. The average molecular weight is 294 g/mol. The minimum Gasteiger partial charge on any atom is -0.550 e. The maximum Gasteiger partial charge on any atom is 0.281 e. The highest BCUT2D eigenvalue weighted by molar-refractivity contribution is 6.68. The van der Waals surface area contributed by atoms with Gasteiger partial charge in [0.1, 0.15) is 5.71 Å². The van der Waals surface area contributed by atoms with E-state index in [2.05, 4.69) is 4.99 Å². The molecule has 1 aromatic rings. The number of para-hydroxylation sites is 1. The molecule has 20 heavy (non-hydrogen) atoms. The molecule has 1 unspecified atom stereocenters. The van der Waals surface area contributed by atoms with Crippen molar-refractivity contribution >= 4 is 40.8 Å². The zero-order valence-corrected chi connectivity index (χ0v) is 11.0. The molecule has 104 valence electrons. The second-order valence-corrected chi connectivity index (χ2v) is 4.50. The molecule has 0 aliphatic carbocycles. The number of alkyl halides is 1. The summed E-state index contributed by atoms with van der Waals surface area (Å²) in [6, 6.07) is 8.32. The van der Waals surface area contributed by atoms with Gasteiger partial charge < -0.3 is 9.90 Å². The number of hydrogen-bond donors (Lipinski definition) is 0. The van der Waals surface area contributed by atoms with Gasteiger partial charge in [-0.3, -0.25) is 14.6 Å². The Morgan fingerprint density at radius 3 is 2.55 bits per heavy atom. The third-order valence-electron chi connectivity index (χ3n) is 2.71. The summed E-state index contributed by atoms with van der Waals surface area (Å²) in [7, 11) is 0. The molecule has 2 rings (SSSR count). The fourth-order valence-corrected chi connectivity index (χ4v) is 2.05. The van der Waals surface area contributed by atoms with E-state index < -0.39 is 23.2 Å². The summed E-state index contributed by atoms with van der Waals surface area (Å²) in [6.07, 6.45) is -0.333. The minimum absolute atomic E-state index is 0.137. The molecule has 0 bridgehead atoms. The number of anilines is 1. The number of hydrogen-bond acceptors (Lipinski definition) is 5. The van der Waals surface area contributed by atoms with Crippen LogP contribution in [0, 0.1) is 0 Å². The molecular weight excluding hydrogens is 284 g/mol. The molecule has 0 N–H and O–H groups in total. The summed E-state index contributed by atoms with van der Waals surface area (Å²) >= 11 is 5.88. The van der Waals surface area contributed by atoms with Gasteiger partial charge in [0.25, 0.3) is 11.8 Å². The van der Waals surface area contributed by atoms with Gasteiger partial charge in [0.15, 0.2) is 5.38 Å². The van der Waals surface area contributed by atoms with E-state index in [0.29, 0.717) is 5.69 Å². The highest BCUT2D eigenvalue weighted by Gasteiger charge is 2.44. The molecular formula is C13H10ClN2O4-. The van der Waals surface area contributed by atoms with Crippen LogP contribution < -0.4 is 10.0 Å². The standard InChI is InChI=1S/C13H11ClN2O4/c14-10-11(15-7-6-9(17)18)13(20)16(12(10)19)8-4-2-1-3-5-8/h1-5,10H,6-7H2,(H,17,18)/p-1. The van der Waals surface area contributed by atoms with E-state index in [1.165, 1.54) is 0 Å². The number of aliphatic imine (C=N–C) groups is 1. The van der Waals surface area contributed by atoms with Gasteiger partial charge in [-0.15, -0.1) is 11.6 Å². The summed E-state index contributed by atoms with van der Waals surface area (Å²) in [6.45, 7) is -0.150. The van der Waals surface area contributed by atoms with Crippen LogP contribution in [0.5, 0.6) is 0 Å². The minimum atomic E-state index is -1.28. The van der Waals surface area contributed by atoms with Crippen LogP contribution in [0.3, 0.4) is 0 Å². The number of amides is 2. The van der Waals surface area contributed by atoms with Gasteiger partial charge in [0.2, 0.25) is 0 Å². The van der Waals surface area contributed by atoms with Gasteiger partial charge >= 0.3 is 0 Å². The van der Waals surface area contributed by atoms with E-state index in [1.807, 2.05) is 0 Å². The Morgan fingerprint density at radius 2 is 1.95 bits per heavy atom. The van der Waals surface area contributed by atoms with E-state index >= 15 is 0 Å². The summed E-state index contributed by atoms with van der Waals surface area (Å²) in [4.78, 5) is 39.2. The third kappa shape index (κ3) is 2.70. The Kier molecular flexibility index (Phi) is 4.14. The molecule has 1 aromatic carbocycles. The van der Waals surface area contributed by atoms with Crippen LogP contribution in [0.25, 0.3) is 0 Å². The SMILES string of the molecule is O=C([O-])CCN=C1C(=O)N(c2ccccc2)C(=O)C1Cl. The Morgan fingerprint density at radius 1 is 1.30 bits per heavy atom. The van der Waals surface area contributed by atoms with Crippen LogP contribution in [0.4, 0.5) is 5.69 Å².